The van der Waals surface area contributed by atoms with Gasteiger partial charge >= 0.3 is 0 Å². The van der Waals surface area contributed by atoms with E-state index >= 15 is 0 Å². The zero-order valence-electron chi connectivity index (χ0n) is 8.07. The molecule has 0 fully saturated rings. The molecule has 3 nitrogen and oxygen atoms in total. The second-order valence-corrected chi connectivity index (χ2v) is 3.66. The molecule has 3 atom stereocenters. The lowest BCUT2D eigenvalue weighted by Gasteiger charge is -2.23. The van der Waals surface area contributed by atoms with E-state index < -0.39 is 18.3 Å². The van der Waals surface area contributed by atoms with Crippen molar-refractivity contribution >= 4 is 0 Å². The summed E-state index contributed by atoms with van der Waals surface area (Å²) in [5, 5.41) is 27.9. The highest BCUT2D eigenvalue weighted by Crippen LogP contribution is 2.11. The first-order valence-electron chi connectivity index (χ1n) is 4.53. The third-order valence-corrected chi connectivity index (χ3v) is 1.92. The SMILES string of the molecule is CCC(O)C(O)C(O)CC(C)C. The van der Waals surface area contributed by atoms with Crippen LogP contribution in [0.2, 0.25) is 0 Å². The molecule has 0 spiro atoms. The summed E-state index contributed by atoms with van der Waals surface area (Å²) in [4.78, 5) is 0. The van der Waals surface area contributed by atoms with E-state index in [1.165, 1.54) is 0 Å². The van der Waals surface area contributed by atoms with Gasteiger partial charge in [0, 0.05) is 0 Å². The van der Waals surface area contributed by atoms with E-state index in [9.17, 15) is 15.3 Å². The van der Waals surface area contributed by atoms with Gasteiger partial charge in [0.15, 0.2) is 0 Å². The van der Waals surface area contributed by atoms with Crippen LogP contribution in [0, 0.1) is 5.92 Å². The average Bonchev–Trinajstić information content (AvgIpc) is 2.00. The van der Waals surface area contributed by atoms with Gasteiger partial charge in [0.25, 0.3) is 0 Å². The topological polar surface area (TPSA) is 60.7 Å². The Hall–Kier alpha value is -0.120. The standard InChI is InChI=1S/C9H20O3/c1-4-7(10)9(12)8(11)5-6(2)3/h6-12H,4-5H2,1-3H3. The zero-order chi connectivity index (χ0) is 9.72. The molecule has 0 aliphatic rings. The van der Waals surface area contributed by atoms with Gasteiger partial charge in [0.2, 0.25) is 0 Å². The third kappa shape index (κ3) is 4.04. The second-order valence-electron chi connectivity index (χ2n) is 3.66. The molecule has 12 heavy (non-hydrogen) atoms. The van der Waals surface area contributed by atoms with Crippen LogP contribution in [0.3, 0.4) is 0 Å². The number of hydrogen-bond donors (Lipinski definition) is 3. The summed E-state index contributed by atoms with van der Waals surface area (Å²) in [6.45, 7) is 5.71. The number of aliphatic hydroxyl groups excluding tert-OH is 3. The normalized spacial score (nSPS) is 19.2. The van der Waals surface area contributed by atoms with Crippen LogP contribution in [0.5, 0.6) is 0 Å². The molecule has 0 bridgehead atoms. The Balaban J connectivity index is 3.83. The molecule has 3 heteroatoms. The molecule has 0 saturated carbocycles. The van der Waals surface area contributed by atoms with Gasteiger partial charge in [-0.15, -0.1) is 0 Å². The van der Waals surface area contributed by atoms with Gasteiger partial charge in [-0.2, -0.15) is 0 Å². The summed E-state index contributed by atoms with van der Waals surface area (Å²) < 4.78 is 0. The Labute approximate surface area is 74.0 Å². The monoisotopic (exact) mass is 176 g/mol. The summed E-state index contributed by atoms with van der Waals surface area (Å²) in [5.41, 5.74) is 0. The molecule has 0 aliphatic heterocycles. The van der Waals surface area contributed by atoms with Crippen molar-refractivity contribution in [2.45, 2.75) is 51.9 Å². The zero-order valence-corrected chi connectivity index (χ0v) is 8.07. The fourth-order valence-electron chi connectivity index (χ4n) is 1.12. The average molecular weight is 176 g/mol. The molecule has 0 rings (SSSR count). The van der Waals surface area contributed by atoms with Gasteiger partial charge in [-0.1, -0.05) is 20.8 Å². The molecule has 0 radical (unpaired) electrons. The van der Waals surface area contributed by atoms with Crippen LogP contribution in [-0.2, 0) is 0 Å². The molecule has 0 aromatic rings. The van der Waals surface area contributed by atoms with Crippen LogP contribution < -0.4 is 0 Å². The molecule has 0 aromatic carbocycles. The van der Waals surface area contributed by atoms with E-state index in [0.29, 0.717) is 18.8 Å². The van der Waals surface area contributed by atoms with Gasteiger partial charge < -0.3 is 15.3 Å². The van der Waals surface area contributed by atoms with Crippen molar-refractivity contribution in [3.8, 4) is 0 Å². The Morgan fingerprint density at radius 2 is 1.50 bits per heavy atom. The molecule has 74 valence electrons. The minimum absolute atomic E-state index is 0.332. The Morgan fingerprint density at radius 1 is 1.00 bits per heavy atom. The van der Waals surface area contributed by atoms with E-state index in [-0.39, 0.29) is 0 Å². The van der Waals surface area contributed by atoms with E-state index in [2.05, 4.69) is 0 Å². The number of aliphatic hydroxyl groups is 3. The highest BCUT2D eigenvalue weighted by atomic mass is 16.4. The quantitative estimate of drug-likeness (QED) is 0.572. The van der Waals surface area contributed by atoms with Crippen molar-refractivity contribution in [2.24, 2.45) is 5.92 Å². The molecule has 0 heterocycles. The molecule has 3 N–H and O–H groups in total. The Morgan fingerprint density at radius 3 is 1.83 bits per heavy atom. The predicted octanol–water partition coefficient (Wildman–Crippen LogP) is 0.525. The van der Waals surface area contributed by atoms with Crippen LogP contribution >= 0.6 is 0 Å². The van der Waals surface area contributed by atoms with Crippen molar-refractivity contribution in [3.05, 3.63) is 0 Å². The first kappa shape index (κ1) is 11.9. The smallest absolute Gasteiger partial charge is 0.106 e. The van der Waals surface area contributed by atoms with E-state index in [1.54, 1.807) is 6.92 Å². The molecular formula is C9H20O3. The molecule has 0 aliphatic carbocycles. The van der Waals surface area contributed by atoms with Gasteiger partial charge in [0.1, 0.15) is 6.10 Å². The predicted molar refractivity (Wildman–Crippen MR) is 47.8 cm³/mol. The highest BCUT2D eigenvalue weighted by molar-refractivity contribution is 4.74. The molecule has 0 saturated heterocycles. The maximum atomic E-state index is 9.38. The van der Waals surface area contributed by atoms with Gasteiger partial charge in [-0.05, 0) is 18.8 Å². The van der Waals surface area contributed by atoms with Crippen LogP contribution in [-0.4, -0.2) is 33.6 Å². The lowest BCUT2D eigenvalue weighted by atomic mass is 9.98. The van der Waals surface area contributed by atoms with E-state index in [0.717, 1.165) is 0 Å². The maximum absolute atomic E-state index is 9.38. The summed E-state index contributed by atoms with van der Waals surface area (Å²) in [6.07, 6.45) is -1.62. The highest BCUT2D eigenvalue weighted by Gasteiger charge is 2.23. The van der Waals surface area contributed by atoms with Crippen LogP contribution in [0.4, 0.5) is 0 Å². The Bertz CT molecular complexity index is 114. The molecule has 0 amide bonds. The van der Waals surface area contributed by atoms with Gasteiger partial charge in [-0.25, -0.2) is 0 Å². The minimum atomic E-state index is -1.00. The summed E-state index contributed by atoms with van der Waals surface area (Å²) in [7, 11) is 0. The second kappa shape index (κ2) is 5.51. The van der Waals surface area contributed by atoms with E-state index in [4.69, 9.17) is 0 Å². The maximum Gasteiger partial charge on any atom is 0.106 e. The molecule has 0 aromatic heterocycles. The van der Waals surface area contributed by atoms with Crippen molar-refractivity contribution in [3.63, 3.8) is 0 Å². The summed E-state index contributed by atoms with van der Waals surface area (Å²) in [6, 6.07) is 0. The van der Waals surface area contributed by atoms with E-state index in [1.807, 2.05) is 13.8 Å². The first-order chi connectivity index (χ1) is 5.49. The van der Waals surface area contributed by atoms with Crippen molar-refractivity contribution in [1.29, 1.82) is 0 Å². The number of hydrogen-bond acceptors (Lipinski definition) is 3. The Kier molecular flexibility index (Phi) is 5.46. The fraction of sp³-hybridized carbons (Fsp3) is 1.00. The summed E-state index contributed by atoms with van der Waals surface area (Å²) >= 11 is 0. The van der Waals surface area contributed by atoms with Crippen molar-refractivity contribution in [1.82, 2.24) is 0 Å². The lowest BCUT2D eigenvalue weighted by molar-refractivity contribution is -0.0660. The van der Waals surface area contributed by atoms with Crippen LogP contribution in [0.1, 0.15) is 33.6 Å². The molecular weight excluding hydrogens is 156 g/mol. The summed E-state index contributed by atoms with van der Waals surface area (Å²) in [5.74, 6) is 0.332. The fourth-order valence-corrected chi connectivity index (χ4v) is 1.12. The first-order valence-corrected chi connectivity index (χ1v) is 4.53. The van der Waals surface area contributed by atoms with Crippen LogP contribution in [0.25, 0.3) is 0 Å². The van der Waals surface area contributed by atoms with Crippen molar-refractivity contribution < 1.29 is 15.3 Å². The molecule has 3 unspecified atom stereocenters. The lowest BCUT2D eigenvalue weighted by Crippen LogP contribution is -2.37. The minimum Gasteiger partial charge on any atom is -0.390 e. The van der Waals surface area contributed by atoms with Gasteiger partial charge in [0.05, 0.1) is 12.2 Å². The number of rotatable bonds is 5. The third-order valence-electron chi connectivity index (χ3n) is 1.92. The van der Waals surface area contributed by atoms with Crippen molar-refractivity contribution in [2.75, 3.05) is 0 Å². The van der Waals surface area contributed by atoms with Gasteiger partial charge in [-0.3, -0.25) is 0 Å². The van der Waals surface area contributed by atoms with Crippen LogP contribution in [0.15, 0.2) is 0 Å². The largest absolute Gasteiger partial charge is 0.390 e.